The maximum Gasteiger partial charge on any atom is 0.253 e. The Labute approximate surface area is 230 Å². The molecule has 3 aliphatic rings. The molecule has 1 aliphatic carbocycles. The van der Waals surface area contributed by atoms with Gasteiger partial charge in [0.2, 0.25) is 0 Å². The number of pyridine rings is 1. The summed E-state index contributed by atoms with van der Waals surface area (Å²) in [5, 5.41) is 3.00. The van der Waals surface area contributed by atoms with Gasteiger partial charge in [-0.05, 0) is 101 Å². The van der Waals surface area contributed by atoms with E-state index in [-0.39, 0.29) is 23.6 Å². The third kappa shape index (κ3) is 5.03. The third-order valence-electron chi connectivity index (χ3n) is 9.03. The van der Waals surface area contributed by atoms with Crippen LogP contribution in [0.4, 0.5) is 0 Å². The fourth-order valence-corrected chi connectivity index (χ4v) is 6.88. The Hall–Kier alpha value is -3.38. The largest absolute Gasteiger partial charge is 0.486 e. The summed E-state index contributed by atoms with van der Waals surface area (Å²) in [6.07, 6.45) is 7.14. The lowest BCUT2D eigenvalue weighted by molar-refractivity contribution is 0.0950. The first-order valence-corrected chi connectivity index (χ1v) is 14.5. The summed E-state index contributed by atoms with van der Waals surface area (Å²) in [5.74, 6) is 1.04. The molecule has 0 spiro atoms. The summed E-state index contributed by atoms with van der Waals surface area (Å²) in [5.41, 5.74) is 7.03. The van der Waals surface area contributed by atoms with E-state index in [4.69, 9.17) is 4.74 Å². The molecule has 39 heavy (non-hydrogen) atoms. The van der Waals surface area contributed by atoms with Gasteiger partial charge in [-0.2, -0.15) is 0 Å². The van der Waals surface area contributed by atoms with Crippen LogP contribution < -0.4 is 15.6 Å². The summed E-state index contributed by atoms with van der Waals surface area (Å²) in [4.78, 5) is 31.3. The SMILES string of the molecule is Cc1cc(C)c(CNC(=O)c2cc(-c3ccc(CN4CCCCC4)cc3)c3c(c2)C2CCCC2(C)O3)c(=O)[nH]1. The molecule has 204 valence electrons. The highest BCUT2D eigenvalue weighted by Crippen LogP contribution is 2.56. The van der Waals surface area contributed by atoms with Gasteiger partial charge in [0.05, 0.1) is 0 Å². The summed E-state index contributed by atoms with van der Waals surface area (Å²) in [7, 11) is 0. The molecule has 1 saturated heterocycles. The zero-order valence-electron chi connectivity index (χ0n) is 23.4. The average molecular weight is 526 g/mol. The minimum Gasteiger partial charge on any atom is -0.486 e. The lowest BCUT2D eigenvalue weighted by Gasteiger charge is -2.26. The Morgan fingerprint density at radius 3 is 2.59 bits per heavy atom. The standard InChI is InChI=1S/C33H39N3O3/c1-21-16-22(2)35-32(38)28(21)19-34-31(37)25-17-26(30-27(18-25)29-8-7-13-33(29,3)39-30)24-11-9-23(10-12-24)20-36-14-5-4-6-15-36/h9-12,16-18,29H,4-8,13-15,19-20H2,1-3H3,(H,34,37)(H,35,38). The number of carbonyl (C=O) groups is 1. The van der Waals surface area contributed by atoms with Crippen molar-refractivity contribution in [2.75, 3.05) is 13.1 Å². The van der Waals surface area contributed by atoms with E-state index in [0.717, 1.165) is 59.5 Å². The van der Waals surface area contributed by atoms with Crippen LogP contribution in [0.3, 0.4) is 0 Å². The van der Waals surface area contributed by atoms with Crippen LogP contribution in [-0.2, 0) is 13.1 Å². The fraction of sp³-hybridized carbons (Fsp3) is 0.455. The molecule has 2 aliphatic heterocycles. The van der Waals surface area contributed by atoms with Crippen LogP contribution in [0.2, 0.25) is 0 Å². The lowest BCUT2D eigenvalue weighted by atomic mass is 9.86. The molecule has 2 N–H and O–H groups in total. The molecule has 1 amide bonds. The number of amides is 1. The molecule has 6 heteroatoms. The van der Waals surface area contributed by atoms with Gasteiger partial charge in [0, 0.05) is 47.0 Å². The fourth-order valence-electron chi connectivity index (χ4n) is 6.88. The smallest absolute Gasteiger partial charge is 0.253 e. The van der Waals surface area contributed by atoms with Gasteiger partial charge in [-0.3, -0.25) is 14.5 Å². The van der Waals surface area contributed by atoms with Gasteiger partial charge in [0.25, 0.3) is 11.5 Å². The molecule has 1 saturated carbocycles. The number of aromatic nitrogens is 1. The molecular formula is C33H39N3O3. The highest BCUT2D eigenvalue weighted by molar-refractivity contribution is 5.97. The normalized spacial score (nSPS) is 22.3. The predicted molar refractivity (Wildman–Crippen MR) is 154 cm³/mol. The van der Waals surface area contributed by atoms with Crippen molar-refractivity contribution in [1.82, 2.24) is 15.2 Å². The maximum absolute atomic E-state index is 13.5. The van der Waals surface area contributed by atoms with Crippen molar-refractivity contribution in [2.24, 2.45) is 0 Å². The first-order chi connectivity index (χ1) is 18.8. The second-order valence-corrected chi connectivity index (χ2v) is 12.0. The second-order valence-electron chi connectivity index (χ2n) is 12.0. The Bertz CT molecular complexity index is 1450. The molecule has 2 atom stereocenters. The van der Waals surface area contributed by atoms with Gasteiger partial charge in [0.1, 0.15) is 11.4 Å². The number of rotatable bonds is 6. The van der Waals surface area contributed by atoms with Crippen LogP contribution in [0.25, 0.3) is 11.1 Å². The average Bonchev–Trinajstić information content (AvgIpc) is 3.42. The Morgan fingerprint density at radius 1 is 1.08 bits per heavy atom. The quantitative estimate of drug-likeness (QED) is 0.414. The predicted octanol–water partition coefficient (Wildman–Crippen LogP) is 5.99. The third-order valence-corrected chi connectivity index (χ3v) is 9.03. The molecule has 2 fully saturated rings. The van der Waals surface area contributed by atoms with Crippen LogP contribution in [0.5, 0.6) is 5.75 Å². The van der Waals surface area contributed by atoms with Crippen LogP contribution in [0, 0.1) is 13.8 Å². The number of hydrogen-bond donors (Lipinski definition) is 2. The molecule has 0 bridgehead atoms. The van der Waals surface area contributed by atoms with Gasteiger partial charge >= 0.3 is 0 Å². The number of likely N-dealkylation sites (tertiary alicyclic amines) is 1. The van der Waals surface area contributed by atoms with E-state index in [1.807, 2.05) is 32.0 Å². The van der Waals surface area contributed by atoms with E-state index >= 15 is 0 Å². The molecule has 1 aromatic heterocycles. The number of fused-ring (bicyclic) bond motifs is 3. The zero-order valence-corrected chi connectivity index (χ0v) is 23.4. The van der Waals surface area contributed by atoms with Crippen LogP contribution in [-0.4, -0.2) is 34.5 Å². The summed E-state index contributed by atoms with van der Waals surface area (Å²) >= 11 is 0. The van der Waals surface area contributed by atoms with E-state index < -0.39 is 0 Å². The summed E-state index contributed by atoms with van der Waals surface area (Å²) < 4.78 is 6.68. The number of aromatic amines is 1. The molecule has 2 unspecified atom stereocenters. The van der Waals surface area contributed by atoms with Gasteiger partial charge in [0.15, 0.2) is 0 Å². The number of H-pyrrole nitrogens is 1. The van der Waals surface area contributed by atoms with Gasteiger partial charge in [-0.15, -0.1) is 0 Å². The highest BCUT2D eigenvalue weighted by atomic mass is 16.5. The van der Waals surface area contributed by atoms with Crippen LogP contribution >= 0.6 is 0 Å². The van der Waals surface area contributed by atoms with Crippen molar-refractivity contribution in [1.29, 1.82) is 0 Å². The monoisotopic (exact) mass is 525 g/mol. The van der Waals surface area contributed by atoms with E-state index in [1.54, 1.807) is 0 Å². The van der Waals surface area contributed by atoms with E-state index in [9.17, 15) is 9.59 Å². The van der Waals surface area contributed by atoms with Crippen molar-refractivity contribution in [2.45, 2.75) is 83.9 Å². The number of nitrogens with zero attached hydrogens (tertiary/aromatic N) is 1. The maximum atomic E-state index is 13.5. The molecule has 6 rings (SSSR count). The van der Waals surface area contributed by atoms with Crippen molar-refractivity contribution in [3.05, 3.63) is 86.3 Å². The zero-order chi connectivity index (χ0) is 27.1. The number of piperidine rings is 1. The molecule has 2 aromatic carbocycles. The van der Waals surface area contributed by atoms with Crippen molar-refractivity contribution < 1.29 is 9.53 Å². The minimum absolute atomic E-state index is 0.151. The topological polar surface area (TPSA) is 74.4 Å². The summed E-state index contributed by atoms with van der Waals surface area (Å²) in [6, 6.07) is 14.7. The Balaban J connectivity index is 1.30. The van der Waals surface area contributed by atoms with Crippen LogP contribution in [0.1, 0.15) is 89.7 Å². The molecule has 6 nitrogen and oxygen atoms in total. The molecule has 3 aromatic rings. The van der Waals surface area contributed by atoms with Crippen molar-refractivity contribution in [3.63, 3.8) is 0 Å². The second kappa shape index (κ2) is 10.3. The first kappa shape index (κ1) is 25.9. The number of aryl methyl sites for hydroxylation is 2. The summed E-state index contributed by atoms with van der Waals surface area (Å²) in [6.45, 7) is 9.50. The van der Waals surface area contributed by atoms with Gasteiger partial charge in [-0.1, -0.05) is 30.7 Å². The number of nitrogens with one attached hydrogen (secondary N) is 2. The number of ether oxygens (including phenoxy) is 1. The first-order valence-electron chi connectivity index (χ1n) is 14.5. The van der Waals surface area contributed by atoms with Crippen molar-refractivity contribution >= 4 is 5.91 Å². The minimum atomic E-state index is -0.216. The van der Waals surface area contributed by atoms with E-state index in [0.29, 0.717) is 17.0 Å². The van der Waals surface area contributed by atoms with Crippen molar-refractivity contribution in [3.8, 4) is 16.9 Å². The molecular weight excluding hydrogens is 486 g/mol. The number of benzene rings is 2. The Morgan fingerprint density at radius 2 is 1.85 bits per heavy atom. The number of hydrogen-bond acceptors (Lipinski definition) is 4. The number of carbonyl (C=O) groups excluding carboxylic acids is 1. The highest BCUT2D eigenvalue weighted by Gasteiger charge is 2.49. The van der Waals surface area contributed by atoms with E-state index in [1.165, 1.54) is 37.9 Å². The molecule has 0 radical (unpaired) electrons. The molecule has 3 heterocycles. The van der Waals surface area contributed by atoms with Gasteiger partial charge in [-0.25, -0.2) is 0 Å². The van der Waals surface area contributed by atoms with Crippen LogP contribution in [0.15, 0.2) is 47.3 Å². The van der Waals surface area contributed by atoms with Gasteiger partial charge < -0.3 is 15.0 Å². The lowest BCUT2D eigenvalue weighted by Crippen LogP contribution is -2.29. The Kier molecular flexibility index (Phi) is 6.84. The van der Waals surface area contributed by atoms with E-state index in [2.05, 4.69) is 46.4 Å².